The second-order valence-electron chi connectivity index (χ2n) is 3.41. The summed E-state index contributed by atoms with van der Waals surface area (Å²) in [4.78, 5) is 10.6. The van der Waals surface area contributed by atoms with Gasteiger partial charge in [0.25, 0.3) is 10.0 Å². The van der Waals surface area contributed by atoms with Crippen LogP contribution in [0, 0.1) is 0 Å². The van der Waals surface area contributed by atoms with E-state index in [0.717, 1.165) is 28.7 Å². The first-order valence-electron chi connectivity index (χ1n) is 5.09. The standard InChI is InChI=1S/C9H9N3O4S3/c1-2-7-10-11-9(18-7)12-19(15,16)5-3-6(8(13)14)17-4-5/h3-4H,2H2,1H3,(H,11,12)(H,13,14). The molecule has 2 rings (SSSR count). The third-order valence-corrected chi connectivity index (χ3v) is 5.59. The van der Waals surface area contributed by atoms with E-state index in [1.54, 1.807) is 0 Å². The van der Waals surface area contributed by atoms with Gasteiger partial charge in [0.2, 0.25) is 5.13 Å². The van der Waals surface area contributed by atoms with Crippen molar-refractivity contribution in [1.29, 1.82) is 0 Å². The Hall–Kier alpha value is -1.52. The summed E-state index contributed by atoms with van der Waals surface area (Å²) in [6.07, 6.45) is 0.668. The quantitative estimate of drug-likeness (QED) is 0.867. The zero-order valence-corrected chi connectivity index (χ0v) is 12.1. The fraction of sp³-hybridized carbons (Fsp3) is 0.222. The molecule has 0 aliphatic heterocycles. The molecule has 0 aliphatic carbocycles. The van der Waals surface area contributed by atoms with Gasteiger partial charge in [-0.3, -0.25) is 4.72 Å². The molecule has 10 heteroatoms. The van der Waals surface area contributed by atoms with Crippen LogP contribution in [-0.2, 0) is 16.4 Å². The van der Waals surface area contributed by atoms with Crippen molar-refractivity contribution >= 4 is 43.8 Å². The molecule has 0 radical (unpaired) electrons. The van der Waals surface area contributed by atoms with Crippen LogP contribution in [0.15, 0.2) is 16.3 Å². The van der Waals surface area contributed by atoms with Crippen molar-refractivity contribution in [3.63, 3.8) is 0 Å². The Balaban J connectivity index is 2.24. The molecule has 0 atom stereocenters. The van der Waals surface area contributed by atoms with E-state index >= 15 is 0 Å². The first-order valence-corrected chi connectivity index (χ1v) is 8.27. The second-order valence-corrected chi connectivity index (χ2v) is 7.07. The van der Waals surface area contributed by atoms with Crippen molar-refractivity contribution in [2.75, 3.05) is 4.72 Å². The van der Waals surface area contributed by atoms with E-state index in [2.05, 4.69) is 14.9 Å². The van der Waals surface area contributed by atoms with Crippen molar-refractivity contribution in [1.82, 2.24) is 10.2 Å². The Kier molecular flexibility index (Phi) is 3.83. The number of nitrogens with zero attached hydrogens (tertiary/aromatic N) is 2. The number of aromatic carboxylic acids is 1. The summed E-state index contributed by atoms with van der Waals surface area (Å²) in [5.74, 6) is -1.16. The van der Waals surface area contributed by atoms with Crippen LogP contribution in [0.1, 0.15) is 21.6 Å². The molecule has 0 bridgehead atoms. The predicted molar refractivity (Wildman–Crippen MR) is 71.4 cm³/mol. The van der Waals surface area contributed by atoms with Crippen LogP contribution in [0.25, 0.3) is 0 Å². The van der Waals surface area contributed by atoms with E-state index in [-0.39, 0.29) is 14.9 Å². The molecular formula is C9H9N3O4S3. The molecule has 102 valence electrons. The number of carboxylic acid groups (broad SMARTS) is 1. The largest absolute Gasteiger partial charge is 0.477 e. The maximum Gasteiger partial charge on any atom is 0.345 e. The van der Waals surface area contributed by atoms with Crippen molar-refractivity contribution < 1.29 is 18.3 Å². The number of thiophene rings is 1. The fourth-order valence-electron chi connectivity index (χ4n) is 1.18. The molecule has 2 aromatic heterocycles. The van der Waals surface area contributed by atoms with Gasteiger partial charge in [-0.05, 0) is 12.5 Å². The van der Waals surface area contributed by atoms with Gasteiger partial charge in [0, 0.05) is 5.38 Å². The minimum absolute atomic E-state index is 0.0353. The molecule has 0 unspecified atom stereocenters. The zero-order valence-electron chi connectivity index (χ0n) is 9.65. The SMILES string of the molecule is CCc1nnc(NS(=O)(=O)c2csc(C(=O)O)c2)s1. The maximum atomic E-state index is 12.0. The lowest BCUT2D eigenvalue weighted by Crippen LogP contribution is -2.12. The van der Waals surface area contributed by atoms with E-state index < -0.39 is 16.0 Å². The Morgan fingerprint density at radius 1 is 1.47 bits per heavy atom. The average Bonchev–Trinajstić information content (AvgIpc) is 2.95. The van der Waals surface area contributed by atoms with Crippen LogP contribution in [0.5, 0.6) is 0 Å². The molecule has 0 saturated heterocycles. The average molecular weight is 319 g/mol. The van der Waals surface area contributed by atoms with Crippen molar-refractivity contribution in [3.05, 3.63) is 21.3 Å². The molecule has 7 nitrogen and oxygen atoms in total. The number of hydrogen-bond acceptors (Lipinski definition) is 7. The van der Waals surface area contributed by atoms with Crippen LogP contribution < -0.4 is 4.72 Å². The van der Waals surface area contributed by atoms with Crippen molar-refractivity contribution in [2.45, 2.75) is 18.2 Å². The number of hydrogen-bond donors (Lipinski definition) is 2. The van der Waals surface area contributed by atoms with E-state index in [1.165, 1.54) is 5.38 Å². The predicted octanol–water partition coefficient (Wildman–Crippen LogP) is 1.66. The summed E-state index contributed by atoms with van der Waals surface area (Å²) in [6, 6.07) is 1.11. The number of aryl methyl sites for hydroxylation is 1. The van der Waals surface area contributed by atoms with Crippen molar-refractivity contribution in [2.24, 2.45) is 0 Å². The molecule has 0 fully saturated rings. The molecular weight excluding hydrogens is 310 g/mol. The van der Waals surface area contributed by atoms with Crippen LogP contribution in [0.3, 0.4) is 0 Å². The smallest absolute Gasteiger partial charge is 0.345 e. The minimum Gasteiger partial charge on any atom is -0.477 e. The number of carboxylic acids is 1. The summed E-state index contributed by atoms with van der Waals surface area (Å²) in [5, 5.41) is 18.4. The molecule has 0 amide bonds. The highest BCUT2D eigenvalue weighted by Gasteiger charge is 2.20. The first-order chi connectivity index (χ1) is 8.92. The highest BCUT2D eigenvalue weighted by atomic mass is 32.2. The Bertz CT molecular complexity index is 704. The molecule has 0 spiro atoms. The minimum atomic E-state index is -3.82. The van der Waals surface area contributed by atoms with E-state index in [0.29, 0.717) is 11.4 Å². The fourth-order valence-corrected chi connectivity index (χ4v) is 4.20. The van der Waals surface area contributed by atoms with Gasteiger partial charge in [-0.2, -0.15) is 0 Å². The second kappa shape index (κ2) is 5.23. The molecule has 2 heterocycles. The summed E-state index contributed by atoms with van der Waals surface area (Å²) in [7, 11) is -3.82. The lowest BCUT2D eigenvalue weighted by molar-refractivity contribution is 0.0702. The zero-order chi connectivity index (χ0) is 14.0. The lowest BCUT2D eigenvalue weighted by Gasteiger charge is -2.00. The lowest BCUT2D eigenvalue weighted by atomic mass is 10.5. The van der Waals surface area contributed by atoms with E-state index in [9.17, 15) is 13.2 Å². The van der Waals surface area contributed by atoms with Gasteiger partial charge in [0.15, 0.2) is 0 Å². The topological polar surface area (TPSA) is 109 Å². The van der Waals surface area contributed by atoms with Gasteiger partial charge in [0.1, 0.15) is 9.88 Å². The number of rotatable bonds is 5. The number of anilines is 1. The number of sulfonamides is 1. The molecule has 19 heavy (non-hydrogen) atoms. The molecule has 2 aromatic rings. The number of carbonyl (C=O) groups is 1. The van der Waals surface area contributed by atoms with Gasteiger partial charge in [-0.1, -0.05) is 18.3 Å². The van der Waals surface area contributed by atoms with E-state index in [1.807, 2.05) is 6.92 Å². The molecule has 2 N–H and O–H groups in total. The highest BCUT2D eigenvalue weighted by molar-refractivity contribution is 7.93. The van der Waals surface area contributed by atoms with Crippen LogP contribution in [-0.4, -0.2) is 29.7 Å². The number of aromatic nitrogens is 2. The van der Waals surface area contributed by atoms with Gasteiger partial charge in [-0.15, -0.1) is 21.5 Å². The molecule has 0 aromatic carbocycles. The highest BCUT2D eigenvalue weighted by Crippen LogP contribution is 2.23. The molecule has 0 saturated carbocycles. The Morgan fingerprint density at radius 2 is 2.21 bits per heavy atom. The summed E-state index contributed by atoms with van der Waals surface area (Å²) in [6.45, 7) is 1.89. The Morgan fingerprint density at radius 3 is 2.74 bits per heavy atom. The van der Waals surface area contributed by atoms with Crippen LogP contribution in [0.2, 0.25) is 0 Å². The monoisotopic (exact) mass is 319 g/mol. The van der Waals surface area contributed by atoms with E-state index in [4.69, 9.17) is 5.11 Å². The molecule has 0 aliphatic rings. The Labute approximate surface area is 117 Å². The first kappa shape index (κ1) is 13.9. The van der Waals surface area contributed by atoms with Crippen molar-refractivity contribution in [3.8, 4) is 0 Å². The van der Waals surface area contributed by atoms with Gasteiger partial charge < -0.3 is 5.11 Å². The summed E-state index contributed by atoms with van der Waals surface area (Å²) < 4.78 is 26.2. The maximum absolute atomic E-state index is 12.0. The number of nitrogens with one attached hydrogen (secondary N) is 1. The van der Waals surface area contributed by atoms with Gasteiger partial charge in [0.05, 0.1) is 4.90 Å². The summed E-state index contributed by atoms with van der Waals surface area (Å²) in [5.41, 5.74) is 0. The third-order valence-electron chi connectivity index (χ3n) is 2.09. The van der Waals surface area contributed by atoms with Crippen LogP contribution in [0.4, 0.5) is 5.13 Å². The van der Waals surface area contributed by atoms with Gasteiger partial charge in [-0.25, -0.2) is 13.2 Å². The van der Waals surface area contributed by atoms with Gasteiger partial charge >= 0.3 is 5.97 Å². The summed E-state index contributed by atoms with van der Waals surface area (Å²) >= 11 is 2.00. The normalized spacial score (nSPS) is 11.4. The third kappa shape index (κ3) is 3.08. The van der Waals surface area contributed by atoms with Crippen LogP contribution >= 0.6 is 22.7 Å².